The van der Waals surface area contributed by atoms with Crippen LogP contribution in [0.2, 0.25) is 0 Å². The molecule has 0 saturated heterocycles. The molecule has 0 spiro atoms. The Morgan fingerprint density at radius 1 is 1.47 bits per heavy atom. The molecule has 0 aromatic carbocycles. The van der Waals surface area contributed by atoms with E-state index < -0.39 is 0 Å². The topological polar surface area (TPSA) is 32.7 Å². The van der Waals surface area contributed by atoms with E-state index in [-0.39, 0.29) is 6.61 Å². The summed E-state index contributed by atoms with van der Waals surface area (Å²) in [6.45, 7) is 6.86. The molecule has 0 aliphatic heterocycles. The Bertz CT molecular complexity index is 417. The molecule has 106 valence electrons. The van der Waals surface area contributed by atoms with Gasteiger partial charge in [0.1, 0.15) is 0 Å². The summed E-state index contributed by atoms with van der Waals surface area (Å²) in [5.74, 6) is 5.99. The van der Waals surface area contributed by atoms with Gasteiger partial charge < -0.3 is 9.84 Å². The van der Waals surface area contributed by atoms with Crippen molar-refractivity contribution in [2.45, 2.75) is 32.9 Å². The minimum atomic E-state index is 0.128. The van der Waals surface area contributed by atoms with Crippen LogP contribution >= 0.6 is 11.3 Å². The number of aliphatic hydroxyl groups excluding tert-OH is 1. The molecule has 1 N–H and O–H groups in total. The number of thiophene rings is 1. The Labute approximate surface area is 120 Å². The molecular weight excluding hydrogens is 258 g/mol. The van der Waals surface area contributed by atoms with Crippen LogP contribution < -0.4 is 0 Å². The molecule has 0 unspecified atom stereocenters. The van der Waals surface area contributed by atoms with E-state index in [1.807, 2.05) is 0 Å². The largest absolute Gasteiger partial charge is 0.395 e. The fourth-order valence-electron chi connectivity index (χ4n) is 1.54. The molecule has 19 heavy (non-hydrogen) atoms. The summed E-state index contributed by atoms with van der Waals surface area (Å²) in [6.07, 6.45) is 0.834. The van der Waals surface area contributed by atoms with Crippen molar-refractivity contribution in [1.82, 2.24) is 4.90 Å². The predicted octanol–water partition coefficient (Wildman–Crippen LogP) is 2.34. The van der Waals surface area contributed by atoms with Crippen molar-refractivity contribution in [2.75, 3.05) is 26.8 Å². The van der Waals surface area contributed by atoms with Gasteiger partial charge in [-0.2, -0.15) is 0 Å². The van der Waals surface area contributed by atoms with Crippen molar-refractivity contribution >= 4 is 11.3 Å². The zero-order chi connectivity index (χ0) is 14.1. The Balaban J connectivity index is 2.35. The number of ether oxygens (including phenoxy) is 1. The third-order valence-electron chi connectivity index (χ3n) is 2.47. The molecule has 4 heteroatoms. The van der Waals surface area contributed by atoms with E-state index in [0.717, 1.165) is 25.3 Å². The molecule has 1 aromatic rings. The van der Waals surface area contributed by atoms with Gasteiger partial charge in [0.25, 0.3) is 0 Å². The summed E-state index contributed by atoms with van der Waals surface area (Å²) < 4.78 is 5.54. The maximum absolute atomic E-state index is 8.67. The van der Waals surface area contributed by atoms with Crippen LogP contribution in [0.25, 0.3) is 0 Å². The smallest absolute Gasteiger partial charge is 0.0596 e. The van der Waals surface area contributed by atoms with Crippen molar-refractivity contribution < 1.29 is 9.84 Å². The normalized spacial score (nSPS) is 10.8. The van der Waals surface area contributed by atoms with E-state index in [4.69, 9.17) is 9.84 Å². The quantitative estimate of drug-likeness (QED) is 0.779. The molecule has 0 aliphatic rings. The second-order valence-corrected chi connectivity index (χ2v) is 5.73. The molecule has 0 fully saturated rings. The summed E-state index contributed by atoms with van der Waals surface area (Å²) in [6, 6.07) is 2.12. The molecule has 3 nitrogen and oxygen atoms in total. The minimum Gasteiger partial charge on any atom is -0.395 e. The van der Waals surface area contributed by atoms with Gasteiger partial charge in [0.15, 0.2) is 0 Å². The fourth-order valence-corrected chi connectivity index (χ4v) is 2.43. The van der Waals surface area contributed by atoms with Crippen molar-refractivity contribution in [2.24, 2.45) is 0 Å². The first kappa shape index (κ1) is 16.2. The van der Waals surface area contributed by atoms with Gasteiger partial charge in [0.05, 0.1) is 19.3 Å². The fraction of sp³-hybridized carbons (Fsp3) is 0.600. The van der Waals surface area contributed by atoms with Gasteiger partial charge in [-0.1, -0.05) is 11.8 Å². The zero-order valence-corrected chi connectivity index (χ0v) is 12.8. The second kappa shape index (κ2) is 9.11. The third-order valence-corrected chi connectivity index (χ3v) is 3.39. The Morgan fingerprint density at radius 3 is 2.95 bits per heavy atom. The van der Waals surface area contributed by atoms with Crippen LogP contribution in [0.5, 0.6) is 0 Å². The van der Waals surface area contributed by atoms with Crippen LogP contribution in [0.1, 0.15) is 30.7 Å². The summed E-state index contributed by atoms with van der Waals surface area (Å²) in [5.41, 5.74) is 1.04. The molecule has 1 heterocycles. The molecule has 0 radical (unpaired) electrons. The number of likely N-dealkylation sites (N-methyl/N-ethyl adjacent to an activating group) is 1. The lowest BCUT2D eigenvalue weighted by atomic mass is 10.3. The lowest BCUT2D eigenvalue weighted by molar-refractivity contribution is 0.0628. The van der Waals surface area contributed by atoms with Gasteiger partial charge in [-0.05, 0) is 27.0 Å². The molecule has 0 saturated carbocycles. The molecule has 0 bridgehead atoms. The van der Waals surface area contributed by atoms with Crippen LogP contribution in [0, 0.1) is 11.8 Å². The van der Waals surface area contributed by atoms with Crippen molar-refractivity contribution in [3.8, 4) is 11.8 Å². The Hall–Kier alpha value is -0.860. The lowest BCUT2D eigenvalue weighted by Crippen LogP contribution is -2.23. The first-order valence-corrected chi connectivity index (χ1v) is 7.47. The van der Waals surface area contributed by atoms with Gasteiger partial charge in [0.2, 0.25) is 0 Å². The molecule has 0 amide bonds. The molecule has 1 aromatic heterocycles. The first-order chi connectivity index (χ1) is 9.11. The highest BCUT2D eigenvalue weighted by Gasteiger charge is 2.03. The molecule has 0 atom stereocenters. The van der Waals surface area contributed by atoms with E-state index in [2.05, 4.69) is 49.1 Å². The average molecular weight is 281 g/mol. The summed E-state index contributed by atoms with van der Waals surface area (Å²) in [7, 11) is 2.10. The van der Waals surface area contributed by atoms with Gasteiger partial charge >= 0.3 is 0 Å². The van der Waals surface area contributed by atoms with Crippen LogP contribution in [0.4, 0.5) is 0 Å². The Morgan fingerprint density at radius 2 is 2.26 bits per heavy atom. The highest BCUT2D eigenvalue weighted by Crippen LogP contribution is 2.15. The number of hydrogen-bond acceptors (Lipinski definition) is 4. The highest BCUT2D eigenvalue weighted by molar-refractivity contribution is 7.10. The maximum Gasteiger partial charge on any atom is 0.0596 e. The minimum absolute atomic E-state index is 0.128. The van der Waals surface area contributed by atoms with E-state index in [1.165, 1.54) is 4.88 Å². The van der Waals surface area contributed by atoms with E-state index >= 15 is 0 Å². The number of nitrogens with zero attached hydrogens (tertiary/aromatic N) is 1. The van der Waals surface area contributed by atoms with Crippen LogP contribution in [-0.2, 0) is 11.3 Å². The zero-order valence-electron chi connectivity index (χ0n) is 12.0. The SMILES string of the molecule is CC(C)OCCN(C)Cc1cc(C#CCCO)cs1. The lowest BCUT2D eigenvalue weighted by Gasteiger charge is -2.16. The van der Waals surface area contributed by atoms with Crippen molar-refractivity contribution in [3.05, 3.63) is 21.9 Å². The van der Waals surface area contributed by atoms with Crippen molar-refractivity contribution in [3.63, 3.8) is 0 Å². The number of hydrogen-bond donors (Lipinski definition) is 1. The highest BCUT2D eigenvalue weighted by atomic mass is 32.1. The monoisotopic (exact) mass is 281 g/mol. The number of aliphatic hydroxyl groups is 1. The van der Waals surface area contributed by atoms with Gasteiger partial charge in [-0.15, -0.1) is 11.3 Å². The summed E-state index contributed by atoms with van der Waals surface area (Å²) in [4.78, 5) is 3.56. The molecular formula is C15H23NO2S. The van der Waals surface area contributed by atoms with Gasteiger partial charge in [0, 0.05) is 35.3 Å². The van der Waals surface area contributed by atoms with E-state index in [9.17, 15) is 0 Å². The maximum atomic E-state index is 8.67. The van der Waals surface area contributed by atoms with Gasteiger partial charge in [-0.25, -0.2) is 0 Å². The van der Waals surface area contributed by atoms with Crippen LogP contribution in [0.3, 0.4) is 0 Å². The summed E-state index contributed by atoms with van der Waals surface area (Å²) in [5, 5.41) is 10.7. The standard InChI is InChI=1S/C15H23NO2S/c1-13(2)18-9-7-16(3)11-15-10-14(12-19-15)6-4-5-8-17/h10,12-13,17H,5,7-9,11H2,1-3H3. The Kier molecular flexibility index (Phi) is 7.76. The van der Waals surface area contributed by atoms with Crippen LogP contribution in [-0.4, -0.2) is 42.9 Å². The average Bonchev–Trinajstić information content (AvgIpc) is 2.76. The van der Waals surface area contributed by atoms with E-state index in [1.54, 1.807) is 11.3 Å². The molecule has 1 rings (SSSR count). The van der Waals surface area contributed by atoms with Gasteiger partial charge in [-0.3, -0.25) is 4.90 Å². The molecule has 0 aliphatic carbocycles. The third kappa shape index (κ3) is 7.34. The summed E-state index contributed by atoms with van der Waals surface area (Å²) >= 11 is 1.73. The second-order valence-electron chi connectivity index (χ2n) is 4.73. The predicted molar refractivity (Wildman–Crippen MR) is 80.3 cm³/mol. The van der Waals surface area contributed by atoms with E-state index in [0.29, 0.717) is 12.5 Å². The number of rotatable bonds is 7. The first-order valence-electron chi connectivity index (χ1n) is 6.59. The van der Waals surface area contributed by atoms with Crippen LogP contribution in [0.15, 0.2) is 11.4 Å². The van der Waals surface area contributed by atoms with Crippen molar-refractivity contribution in [1.29, 1.82) is 0 Å².